The maximum atomic E-state index is 13.0. The minimum absolute atomic E-state index is 0.114. The van der Waals surface area contributed by atoms with Gasteiger partial charge < -0.3 is 10.1 Å². The van der Waals surface area contributed by atoms with Gasteiger partial charge in [0.15, 0.2) is 5.60 Å². The lowest BCUT2D eigenvalue weighted by Crippen LogP contribution is -2.41. The fourth-order valence-corrected chi connectivity index (χ4v) is 1.98. The highest BCUT2D eigenvalue weighted by molar-refractivity contribution is 5.98. The number of hydrogen-bond donors (Lipinski definition) is 1. The van der Waals surface area contributed by atoms with Crippen molar-refractivity contribution in [3.05, 3.63) is 33.9 Å². The molecule has 0 bridgehead atoms. The molecule has 1 aromatic rings. The molecule has 0 fully saturated rings. The molecule has 0 heterocycles. The van der Waals surface area contributed by atoms with Crippen molar-refractivity contribution in [1.29, 1.82) is 0 Å². The number of ether oxygens (including phenoxy) is 1. The summed E-state index contributed by atoms with van der Waals surface area (Å²) in [6.07, 6.45) is -3.52. The Morgan fingerprint density at radius 2 is 1.88 bits per heavy atom. The highest BCUT2D eigenvalue weighted by Gasteiger charge is 2.39. The van der Waals surface area contributed by atoms with E-state index in [2.05, 4.69) is 5.32 Å². The third-order valence-corrected chi connectivity index (χ3v) is 3.41. The zero-order valence-corrected chi connectivity index (χ0v) is 14.5. The molecule has 0 saturated carbocycles. The van der Waals surface area contributed by atoms with Crippen LogP contribution in [0.1, 0.15) is 45.6 Å². The molecule has 0 unspecified atom stereocenters. The second-order valence-corrected chi connectivity index (χ2v) is 6.03. The van der Waals surface area contributed by atoms with Gasteiger partial charge in [0.25, 0.3) is 11.6 Å². The quantitative estimate of drug-likeness (QED) is 0.439. The molecule has 0 aliphatic heterocycles. The van der Waals surface area contributed by atoms with Crippen LogP contribution >= 0.6 is 0 Å². The van der Waals surface area contributed by atoms with Gasteiger partial charge in [-0.3, -0.25) is 19.7 Å². The van der Waals surface area contributed by atoms with Crippen LogP contribution in [0.2, 0.25) is 0 Å². The number of carbonyl (C=O) groups excluding carboxylic acids is 2. The lowest BCUT2D eigenvalue weighted by Gasteiger charge is -2.24. The number of esters is 1. The van der Waals surface area contributed by atoms with Crippen molar-refractivity contribution in [2.45, 2.75) is 51.8 Å². The van der Waals surface area contributed by atoms with Gasteiger partial charge in [-0.25, -0.2) is 0 Å². The van der Waals surface area contributed by atoms with Gasteiger partial charge in [-0.1, -0.05) is 13.3 Å². The topological polar surface area (TPSA) is 98.5 Å². The van der Waals surface area contributed by atoms with Crippen molar-refractivity contribution in [2.24, 2.45) is 0 Å². The fraction of sp³-hybridized carbons (Fsp3) is 0.500. The van der Waals surface area contributed by atoms with Crippen molar-refractivity contribution in [3.63, 3.8) is 0 Å². The maximum absolute atomic E-state index is 13.0. The number of hydrogen-bond acceptors (Lipinski definition) is 5. The second kappa shape index (κ2) is 8.15. The van der Waals surface area contributed by atoms with E-state index in [-0.39, 0.29) is 12.1 Å². The summed E-state index contributed by atoms with van der Waals surface area (Å²) < 4.78 is 43.9. The number of alkyl halides is 3. The molecule has 0 aliphatic rings. The van der Waals surface area contributed by atoms with Crippen LogP contribution in [0.25, 0.3) is 0 Å². The molecule has 144 valence electrons. The summed E-state index contributed by atoms with van der Waals surface area (Å²) in [6, 6.07) is 2.09. The number of nitrogens with zero attached hydrogens (tertiary/aromatic N) is 1. The summed E-state index contributed by atoms with van der Waals surface area (Å²) in [7, 11) is 0. The summed E-state index contributed by atoms with van der Waals surface area (Å²) in [5, 5.41) is 12.9. The molecule has 0 aliphatic carbocycles. The first-order valence-corrected chi connectivity index (χ1v) is 7.77. The first-order valence-electron chi connectivity index (χ1n) is 7.77. The van der Waals surface area contributed by atoms with Crippen molar-refractivity contribution >= 4 is 23.3 Å². The molecule has 0 saturated heterocycles. The minimum atomic E-state index is -4.97. The van der Waals surface area contributed by atoms with Gasteiger partial charge in [-0.2, -0.15) is 13.2 Å². The van der Waals surface area contributed by atoms with Crippen molar-refractivity contribution < 1.29 is 32.4 Å². The first kappa shape index (κ1) is 21.4. The number of amides is 1. The summed E-state index contributed by atoms with van der Waals surface area (Å²) in [6.45, 7) is 4.46. The molecule has 0 spiro atoms. The van der Waals surface area contributed by atoms with Gasteiger partial charge in [0.05, 0.1) is 4.92 Å². The summed E-state index contributed by atoms with van der Waals surface area (Å²) >= 11 is 0. The maximum Gasteiger partial charge on any atom is 0.423 e. The van der Waals surface area contributed by atoms with Crippen LogP contribution in [0.15, 0.2) is 18.2 Å². The van der Waals surface area contributed by atoms with Gasteiger partial charge in [0, 0.05) is 18.2 Å². The molecule has 10 heteroatoms. The minimum Gasteiger partial charge on any atom is -0.450 e. The van der Waals surface area contributed by atoms with Crippen molar-refractivity contribution in [1.82, 2.24) is 0 Å². The summed E-state index contributed by atoms with van der Waals surface area (Å²) in [4.78, 5) is 33.4. The Morgan fingerprint density at radius 3 is 2.38 bits per heavy atom. The predicted molar refractivity (Wildman–Crippen MR) is 86.4 cm³/mol. The van der Waals surface area contributed by atoms with Gasteiger partial charge in [0.2, 0.25) is 0 Å². The van der Waals surface area contributed by atoms with E-state index >= 15 is 0 Å². The van der Waals surface area contributed by atoms with Crippen LogP contribution in [0, 0.1) is 10.1 Å². The number of benzene rings is 1. The molecule has 1 amide bonds. The molecule has 1 rings (SSSR count). The number of nitro groups is 1. The zero-order chi connectivity index (χ0) is 20.1. The number of unbranched alkanes of at least 4 members (excludes halogenated alkanes) is 1. The lowest BCUT2D eigenvalue weighted by molar-refractivity contribution is -0.388. The molecule has 1 N–H and O–H groups in total. The Hall–Kier alpha value is -2.65. The SMILES string of the molecule is CCCCC(=O)OC(C)(C)C(=O)Nc1ccc([N+](=O)[O-])c(C(F)(F)F)c1. The summed E-state index contributed by atoms with van der Waals surface area (Å²) in [5.41, 5.74) is -4.53. The van der Waals surface area contributed by atoms with Gasteiger partial charge >= 0.3 is 12.1 Å². The van der Waals surface area contributed by atoms with Crippen LogP contribution < -0.4 is 5.32 Å². The second-order valence-electron chi connectivity index (χ2n) is 6.03. The largest absolute Gasteiger partial charge is 0.450 e. The van der Waals surface area contributed by atoms with E-state index in [1.54, 1.807) is 0 Å². The van der Waals surface area contributed by atoms with Crippen LogP contribution in [0.4, 0.5) is 24.5 Å². The zero-order valence-electron chi connectivity index (χ0n) is 14.5. The number of anilines is 1. The van der Waals surface area contributed by atoms with E-state index in [9.17, 15) is 32.9 Å². The summed E-state index contributed by atoms with van der Waals surface area (Å²) in [5.74, 6) is -1.46. The smallest absolute Gasteiger partial charge is 0.423 e. The van der Waals surface area contributed by atoms with E-state index in [0.717, 1.165) is 12.5 Å². The van der Waals surface area contributed by atoms with E-state index in [0.29, 0.717) is 18.6 Å². The van der Waals surface area contributed by atoms with E-state index in [1.807, 2.05) is 6.92 Å². The molecule has 26 heavy (non-hydrogen) atoms. The Kier molecular flexibility index (Phi) is 6.71. The standard InChI is InChI=1S/C16H19F3N2O5/c1-4-5-6-13(22)26-15(2,3)14(23)20-10-7-8-12(21(24)25)11(9-10)16(17,18)19/h7-9H,4-6H2,1-3H3,(H,20,23). The Morgan fingerprint density at radius 1 is 1.27 bits per heavy atom. The Labute approximate surface area is 147 Å². The van der Waals surface area contributed by atoms with Crippen molar-refractivity contribution in [2.75, 3.05) is 5.32 Å². The number of halogens is 3. The molecular formula is C16H19F3N2O5. The molecule has 1 aromatic carbocycles. The third kappa shape index (κ3) is 5.71. The number of rotatable bonds is 7. The van der Waals surface area contributed by atoms with Crippen LogP contribution in [-0.4, -0.2) is 22.4 Å². The van der Waals surface area contributed by atoms with Crippen molar-refractivity contribution in [3.8, 4) is 0 Å². The average Bonchev–Trinajstić information content (AvgIpc) is 2.51. The van der Waals surface area contributed by atoms with E-state index in [4.69, 9.17) is 4.74 Å². The van der Waals surface area contributed by atoms with Gasteiger partial charge in [-0.15, -0.1) is 0 Å². The number of carbonyl (C=O) groups is 2. The first-order chi connectivity index (χ1) is 11.9. The van der Waals surface area contributed by atoms with E-state index < -0.39 is 39.8 Å². The van der Waals surface area contributed by atoms with Crippen LogP contribution in [0.3, 0.4) is 0 Å². The monoisotopic (exact) mass is 376 g/mol. The number of nitrogens with one attached hydrogen (secondary N) is 1. The predicted octanol–water partition coefficient (Wildman–Crippen LogP) is 4.06. The van der Waals surface area contributed by atoms with E-state index in [1.165, 1.54) is 13.8 Å². The molecule has 0 atom stereocenters. The van der Waals surface area contributed by atoms with Gasteiger partial charge in [0.1, 0.15) is 5.56 Å². The molecule has 0 aromatic heterocycles. The van der Waals surface area contributed by atoms with Crippen LogP contribution in [-0.2, 0) is 20.5 Å². The Balaban J connectivity index is 2.98. The number of nitro benzene ring substituents is 1. The molecular weight excluding hydrogens is 357 g/mol. The normalized spacial score (nSPS) is 11.8. The average molecular weight is 376 g/mol. The highest BCUT2D eigenvalue weighted by Crippen LogP contribution is 2.37. The van der Waals surface area contributed by atoms with Crippen LogP contribution in [0.5, 0.6) is 0 Å². The molecule has 0 radical (unpaired) electrons. The molecule has 7 nitrogen and oxygen atoms in total. The van der Waals surface area contributed by atoms with Gasteiger partial charge in [-0.05, 0) is 32.4 Å². The lowest BCUT2D eigenvalue weighted by atomic mass is 10.1. The third-order valence-electron chi connectivity index (χ3n) is 3.41. The fourth-order valence-electron chi connectivity index (χ4n) is 1.98. The highest BCUT2D eigenvalue weighted by atomic mass is 19.4. The Bertz CT molecular complexity index is 702.